The van der Waals surface area contributed by atoms with Crippen LogP contribution in [0.2, 0.25) is 0 Å². The van der Waals surface area contributed by atoms with Crippen LogP contribution in [0.4, 0.5) is 9.18 Å². The van der Waals surface area contributed by atoms with Crippen molar-refractivity contribution in [2.24, 2.45) is 0 Å². The summed E-state index contributed by atoms with van der Waals surface area (Å²) in [4.78, 5) is 13.9. The molecular weight excluding hydrogens is 367 g/mol. The largest absolute Gasteiger partial charge is 0.445 e. The highest BCUT2D eigenvalue weighted by atomic mass is 19.1. The van der Waals surface area contributed by atoms with E-state index in [-0.39, 0.29) is 12.7 Å². The van der Waals surface area contributed by atoms with Crippen LogP contribution in [0.15, 0.2) is 54.6 Å². The second kappa shape index (κ2) is 8.54. The Bertz CT molecular complexity index is 817. The molecule has 1 aliphatic heterocycles. The Morgan fingerprint density at radius 2 is 1.83 bits per heavy atom. The lowest BCUT2D eigenvalue weighted by molar-refractivity contribution is 0.0408. The Labute approximate surface area is 172 Å². The average molecular weight is 397 g/mol. The molecule has 4 nitrogen and oxygen atoms in total. The van der Waals surface area contributed by atoms with Gasteiger partial charge in [0.05, 0.1) is 0 Å². The smallest absolute Gasteiger partial charge is 0.410 e. The number of ether oxygens (including phenoxy) is 1. The van der Waals surface area contributed by atoms with Crippen LogP contribution in [0.25, 0.3) is 0 Å². The van der Waals surface area contributed by atoms with E-state index in [1.807, 2.05) is 30.3 Å². The molecule has 2 unspecified atom stereocenters. The summed E-state index contributed by atoms with van der Waals surface area (Å²) in [5, 5.41) is 3.41. The van der Waals surface area contributed by atoms with Crippen molar-refractivity contribution < 1.29 is 13.9 Å². The molecule has 2 aliphatic rings. The van der Waals surface area contributed by atoms with Gasteiger partial charge in [-0.1, -0.05) is 60.2 Å². The molecule has 1 amide bonds. The van der Waals surface area contributed by atoms with E-state index in [1.54, 1.807) is 4.90 Å². The molecule has 29 heavy (non-hydrogen) atoms. The number of aryl methyl sites for hydroxylation is 1. The van der Waals surface area contributed by atoms with Crippen molar-refractivity contribution >= 4 is 6.09 Å². The number of carbonyl (C=O) groups is 1. The normalized spacial score (nSPS) is 22.9. The molecule has 1 aliphatic carbocycles. The summed E-state index contributed by atoms with van der Waals surface area (Å²) < 4.78 is 20.6. The molecule has 4 rings (SSSR count). The number of hydrogen-bond acceptors (Lipinski definition) is 3. The molecule has 2 fully saturated rings. The molecule has 1 saturated heterocycles. The first-order chi connectivity index (χ1) is 14.0. The van der Waals surface area contributed by atoms with Crippen molar-refractivity contribution in [2.75, 3.05) is 19.6 Å². The summed E-state index contributed by atoms with van der Waals surface area (Å²) in [7, 11) is 0. The third kappa shape index (κ3) is 5.15. The van der Waals surface area contributed by atoms with Gasteiger partial charge in [-0.15, -0.1) is 0 Å². The minimum atomic E-state index is -1.25. The number of nitrogens with one attached hydrogen (secondary N) is 1. The molecule has 0 spiro atoms. The van der Waals surface area contributed by atoms with Crippen LogP contribution in [-0.2, 0) is 11.3 Å². The fraction of sp³-hybridized carbons (Fsp3) is 0.458. The average Bonchev–Trinajstić information content (AvgIpc) is 3.52. The Morgan fingerprint density at radius 1 is 1.14 bits per heavy atom. The van der Waals surface area contributed by atoms with E-state index in [9.17, 15) is 4.79 Å². The van der Waals surface area contributed by atoms with Gasteiger partial charge in [-0.05, 0) is 24.5 Å². The van der Waals surface area contributed by atoms with Crippen LogP contribution in [0.5, 0.6) is 0 Å². The monoisotopic (exact) mass is 396 g/mol. The van der Waals surface area contributed by atoms with Crippen LogP contribution in [0, 0.1) is 6.92 Å². The van der Waals surface area contributed by atoms with Crippen LogP contribution < -0.4 is 5.32 Å². The third-order valence-corrected chi connectivity index (χ3v) is 6.10. The number of piperidine rings is 1. The standard InChI is InChI=1S/C24H29FN2O2/c1-18-7-9-20(10-8-18)21-15-22(21)26-17-24(25)11-13-27(14-12-24)23(28)29-16-19-5-3-2-4-6-19/h2-10,21-22,26H,11-17H2,1H3. The lowest BCUT2D eigenvalue weighted by Gasteiger charge is -2.36. The van der Waals surface area contributed by atoms with E-state index >= 15 is 4.39 Å². The lowest BCUT2D eigenvalue weighted by atomic mass is 9.93. The van der Waals surface area contributed by atoms with Gasteiger partial charge >= 0.3 is 6.09 Å². The first-order valence-corrected chi connectivity index (χ1v) is 10.5. The van der Waals surface area contributed by atoms with Gasteiger partial charge in [-0.25, -0.2) is 9.18 Å². The first-order valence-electron chi connectivity index (χ1n) is 10.5. The molecule has 2 aromatic rings. The molecule has 1 N–H and O–H groups in total. The fourth-order valence-corrected chi connectivity index (χ4v) is 3.99. The molecule has 2 aromatic carbocycles. The van der Waals surface area contributed by atoms with Crippen LogP contribution in [0.3, 0.4) is 0 Å². The first kappa shape index (κ1) is 19.9. The zero-order valence-electron chi connectivity index (χ0n) is 16.9. The van der Waals surface area contributed by atoms with Crippen molar-refractivity contribution in [3.8, 4) is 0 Å². The number of benzene rings is 2. The van der Waals surface area contributed by atoms with Crippen molar-refractivity contribution in [3.63, 3.8) is 0 Å². The minimum absolute atomic E-state index is 0.251. The van der Waals surface area contributed by atoms with Gasteiger partial charge in [0.2, 0.25) is 0 Å². The number of hydrogen-bond donors (Lipinski definition) is 1. The fourth-order valence-electron chi connectivity index (χ4n) is 3.99. The second-order valence-electron chi connectivity index (χ2n) is 8.42. The maximum atomic E-state index is 15.2. The molecule has 154 valence electrons. The molecule has 1 heterocycles. The predicted octanol–water partition coefficient (Wildman–Crippen LogP) is 4.58. The van der Waals surface area contributed by atoms with Crippen molar-refractivity contribution in [1.29, 1.82) is 0 Å². The maximum absolute atomic E-state index is 15.2. The highest BCUT2D eigenvalue weighted by Gasteiger charge is 2.42. The van der Waals surface area contributed by atoms with Crippen molar-refractivity contribution in [1.82, 2.24) is 10.2 Å². The van der Waals surface area contributed by atoms with Gasteiger partial charge < -0.3 is 15.0 Å². The SMILES string of the molecule is Cc1ccc(C2CC2NCC2(F)CCN(C(=O)OCc3ccccc3)CC2)cc1. The van der Waals surface area contributed by atoms with E-state index < -0.39 is 5.67 Å². The summed E-state index contributed by atoms with van der Waals surface area (Å²) in [6.45, 7) is 3.49. The molecular formula is C24H29FN2O2. The summed E-state index contributed by atoms with van der Waals surface area (Å²) in [5.74, 6) is 0.493. The minimum Gasteiger partial charge on any atom is -0.445 e. The number of amides is 1. The van der Waals surface area contributed by atoms with Gasteiger partial charge in [0.1, 0.15) is 12.3 Å². The van der Waals surface area contributed by atoms with E-state index in [0.717, 1.165) is 12.0 Å². The number of nitrogens with zero attached hydrogens (tertiary/aromatic N) is 1. The zero-order chi connectivity index (χ0) is 20.3. The summed E-state index contributed by atoms with van der Waals surface area (Å²) in [5.41, 5.74) is 2.29. The molecule has 0 aromatic heterocycles. The van der Waals surface area contributed by atoms with Crippen molar-refractivity contribution in [3.05, 3.63) is 71.3 Å². The third-order valence-electron chi connectivity index (χ3n) is 6.10. The van der Waals surface area contributed by atoms with Gasteiger partial charge in [0.25, 0.3) is 0 Å². The quantitative estimate of drug-likeness (QED) is 0.777. The number of halogens is 1. The maximum Gasteiger partial charge on any atom is 0.410 e. The van der Waals surface area contributed by atoms with Gasteiger partial charge in [-0.3, -0.25) is 0 Å². The van der Waals surface area contributed by atoms with E-state index in [1.165, 1.54) is 11.1 Å². The number of alkyl halides is 1. The van der Waals surface area contributed by atoms with Crippen LogP contribution >= 0.6 is 0 Å². The van der Waals surface area contributed by atoms with Gasteiger partial charge in [0, 0.05) is 44.4 Å². The molecule has 0 bridgehead atoms. The van der Waals surface area contributed by atoms with Crippen LogP contribution in [0.1, 0.15) is 41.9 Å². The lowest BCUT2D eigenvalue weighted by Crippen LogP contribution is -2.49. The van der Waals surface area contributed by atoms with E-state index in [4.69, 9.17) is 4.74 Å². The molecule has 2 atom stereocenters. The highest BCUT2D eigenvalue weighted by Crippen LogP contribution is 2.41. The molecule has 1 saturated carbocycles. The Balaban J connectivity index is 1.18. The van der Waals surface area contributed by atoms with E-state index in [0.29, 0.717) is 44.4 Å². The Morgan fingerprint density at radius 3 is 2.52 bits per heavy atom. The molecule has 0 radical (unpaired) electrons. The van der Waals surface area contributed by atoms with Crippen molar-refractivity contribution in [2.45, 2.75) is 50.4 Å². The second-order valence-corrected chi connectivity index (χ2v) is 8.42. The topological polar surface area (TPSA) is 41.6 Å². The predicted molar refractivity (Wildman–Crippen MR) is 112 cm³/mol. The zero-order valence-corrected chi connectivity index (χ0v) is 16.9. The van der Waals surface area contributed by atoms with Gasteiger partial charge in [0.15, 0.2) is 0 Å². The number of likely N-dealkylation sites (tertiary alicyclic amines) is 1. The summed E-state index contributed by atoms with van der Waals surface area (Å²) >= 11 is 0. The number of carbonyl (C=O) groups excluding carboxylic acids is 1. The Kier molecular flexibility index (Phi) is 5.86. The molecule has 5 heteroatoms. The number of rotatable bonds is 6. The van der Waals surface area contributed by atoms with Crippen LogP contribution in [-0.4, -0.2) is 42.3 Å². The Hall–Kier alpha value is -2.40. The van der Waals surface area contributed by atoms with Gasteiger partial charge in [-0.2, -0.15) is 0 Å². The summed E-state index contributed by atoms with van der Waals surface area (Å²) in [6, 6.07) is 18.6. The highest BCUT2D eigenvalue weighted by molar-refractivity contribution is 5.67. The summed E-state index contributed by atoms with van der Waals surface area (Å²) in [6.07, 6.45) is 1.41. The van der Waals surface area contributed by atoms with E-state index in [2.05, 4.69) is 36.5 Å².